The molecule has 0 spiro atoms. The highest BCUT2D eigenvalue weighted by Gasteiger charge is 2.34. The topological polar surface area (TPSA) is 65.1 Å². The third-order valence-corrected chi connectivity index (χ3v) is 6.30. The van der Waals surface area contributed by atoms with Crippen molar-refractivity contribution in [3.05, 3.63) is 71.3 Å². The van der Waals surface area contributed by atoms with E-state index in [4.69, 9.17) is 4.74 Å². The fourth-order valence-electron chi connectivity index (χ4n) is 4.46. The van der Waals surface area contributed by atoms with Crippen LogP contribution in [0.1, 0.15) is 21.5 Å². The van der Waals surface area contributed by atoms with Crippen molar-refractivity contribution < 1.29 is 14.3 Å². The Morgan fingerprint density at radius 3 is 2.41 bits per heavy atom. The van der Waals surface area contributed by atoms with Crippen LogP contribution in [-0.2, 0) is 22.6 Å². The summed E-state index contributed by atoms with van der Waals surface area (Å²) in [5.41, 5.74) is 2.92. The van der Waals surface area contributed by atoms with Crippen LogP contribution in [0.15, 0.2) is 54.6 Å². The molecule has 2 aliphatic heterocycles. The molecule has 4 rings (SSSR count). The number of ether oxygens (including phenoxy) is 1. The fraction of sp³-hybridized carbons (Fsp3) is 0.440. The second kappa shape index (κ2) is 10.7. The number of piperazine rings is 1. The van der Waals surface area contributed by atoms with Gasteiger partial charge in [0.25, 0.3) is 5.91 Å². The van der Waals surface area contributed by atoms with Gasteiger partial charge in [0.2, 0.25) is 5.91 Å². The minimum atomic E-state index is -0.371. The van der Waals surface area contributed by atoms with Crippen LogP contribution in [0, 0.1) is 0 Å². The first-order chi connectivity index (χ1) is 15.7. The lowest BCUT2D eigenvalue weighted by molar-refractivity contribution is -0.128. The maximum absolute atomic E-state index is 13.5. The van der Waals surface area contributed by atoms with Crippen LogP contribution in [0.4, 0.5) is 0 Å². The van der Waals surface area contributed by atoms with Crippen molar-refractivity contribution in [3.8, 4) is 0 Å². The molecular weight excluding hydrogens is 404 g/mol. The maximum Gasteiger partial charge on any atom is 0.254 e. The summed E-state index contributed by atoms with van der Waals surface area (Å²) in [6.45, 7) is 6.28. The Balaban J connectivity index is 1.48. The van der Waals surface area contributed by atoms with Gasteiger partial charge < -0.3 is 15.0 Å². The molecule has 0 aromatic heterocycles. The number of hydrogen-bond donors (Lipinski definition) is 1. The SMILES string of the molecule is CNC(=O)[C@H]1CN(C(=O)c2ccccc2CN2CCOCC2)CCN1Cc1ccccc1. The molecular formula is C25H32N4O3. The van der Waals surface area contributed by atoms with E-state index in [1.54, 1.807) is 7.05 Å². The standard InChI is InChI=1S/C25H32N4O3/c1-26-24(30)23-19-29(12-11-28(23)17-20-7-3-2-4-8-20)25(31)22-10-6-5-9-21(22)18-27-13-15-32-16-14-27/h2-10,23H,11-19H2,1H3,(H,26,30)/t23-/m1/s1. The quantitative estimate of drug-likeness (QED) is 0.745. The van der Waals surface area contributed by atoms with Gasteiger partial charge in [-0.2, -0.15) is 0 Å². The summed E-state index contributed by atoms with van der Waals surface area (Å²) in [5, 5.41) is 2.78. The number of morpholine rings is 1. The molecule has 7 nitrogen and oxygen atoms in total. The van der Waals surface area contributed by atoms with Crippen molar-refractivity contribution in [3.63, 3.8) is 0 Å². The van der Waals surface area contributed by atoms with Gasteiger partial charge in [0, 0.05) is 58.4 Å². The molecule has 2 heterocycles. The second-order valence-corrected chi connectivity index (χ2v) is 8.38. The zero-order valence-corrected chi connectivity index (χ0v) is 18.7. The summed E-state index contributed by atoms with van der Waals surface area (Å²) in [6.07, 6.45) is 0. The van der Waals surface area contributed by atoms with Gasteiger partial charge in [-0.05, 0) is 17.2 Å². The van der Waals surface area contributed by atoms with Crippen molar-refractivity contribution in [2.75, 3.05) is 53.0 Å². The normalized spacial score (nSPS) is 20.2. The number of carbonyl (C=O) groups is 2. The van der Waals surface area contributed by atoms with Crippen molar-refractivity contribution in [1.29, 1.82) is 0 Å². The fourth-order valence-corrected chi connectivity index (χ4v) is 4.46. The van der Waals surface area contributed by atoms with Crippen LogP contribution in [0.3, 0.4) is 0 Å². The Morgan fingerprint density at radius 1 is 0.938 bits per heavy atom. The lowest BCUT2D eigenvalue weighted by Gasteiger charge is -2.40. The van der Waals surface area contributed by atoms with Crippen LogP contribution in [-0.4, -0.2) is 85.5 Å². The van der Waals surface area contributed by atoms with Gasteiger partial charge in [0.15, 0.2) is 0 Å². The summed E-state index contributed by atoms with van der Waals surface area (Å²) in [4.78, 5) is 32.5. The van der Waals surface area contributed by atoms with Crippen LogP contribution in [0.5, 0.6) is 0 Å². The molecule has 0 bridgehead atoms. The molecule has 32 heavy (non-hydrogen) atoms. The Morgan fingerprint density at radius 2 is 1.66 bits per heavy atom. The number of hydrogen-bond acceptors (Lipinski definition) is 5. The minimum absolute atomic E-state index is 0.00197. The molecule has 0 unspecified atom stereocenters. The monoisotopic (exact) mass is 436 g/mol. The number of amides is 2. The summed E-state index contributed by atoms with van der Waals surface area (Å²) in [6, 6.07) is 17.6. The highest BCUT2D eigenvalue weighted by atomic mass is 16.5. The molecule has 7 heteroatoms. The number of carbonyl (C=O) groups excluding carboxylic acids is 2. The highest BCUT2D eigenvalue weighted by Crippen LogP contribution is 2.20. The predicted molar refractivity (Wildman–Crippen MR) is 123 cm³/mol. The Labute approximate surface area is 189 Å². The van der Waals surface area contributed by atoms with Crippen LogP contribution in [0.25, 0.3) is 0 Å². The average molecular weight is 437 g/mol. The first-order valence-corrected chi connectivity index (χ1v) is 11.3. The van der Waals surface area contributed by atoms with E-state index < -0.39 is 0 Å². The number of nitrogens with one attached hydrogen (secondary N) is 1. The molecule has 2 aromatic carbocycles. The van der Waals surface area contributed by atoms with E-state index >= 15 is 0 Å². The summed E-state index contributed by atoms with van der Waals surface area (Å²) in [7, 11) is 1.65. The third kappa shape index (κ3) is 5.35. The molecule has 170 valence electrons. The van der Waals surface area contributed by atoms with E-state index in [1.807, 2.05) is 47.4 Å². The number of likely N-dealkylation sites (N-methyl/N-ethyl adjacent to an activating group) is 1. The first-order valence-electron chi connectivity index (χ1n) is 11.3. The van der Waals surface area contributed by atoms with Gasteiger partial charge in [0.1, 0.15) is 6.04 Å². The van der Waals surface area contributed by atoms with Crippen LogP contribution >= 0.6 is 0 Å². The zero-order chi connectivity index (χ0) is 22.3. The molecule has 2 aromatic rings. The summed E-state index contributed by atoms with van der Waals surface area (Å²) < 4.78 is 5.45. The van der Waals surface area contributed by atoms with E-state index in [-0.39, 0.29) is 17.9 Å². The van der Waals surface area contributed by atoms with Gasteiger partial charge in [-0.15, -0.1) is 0 Å². The number of benzene rings is 2. The van der Waals surface area contributed by atoms with Crippen LogP contribution < -0.4 is 5.32 Å². The van der Waals surface area contributed by atoms with Gasteiger partial charge in [-0.3, -0.25) is 19.4 Å². The number of rotatable bonds is 6. The third-order valence-electron chi connectivity index (χ3n) is 6.30. The van der Waals surface area contributed by atoms with Crippen molar-refractivity contribution in [2.45, 2.75) is 19.1 Å². The average Bonchev–Trinajstić information content (AvgIpc) is 2.85. The zero-order valence-electron chi connectivity index (χ0n) is 18.7. The lowest BCUT2D eigenvalue weighted by atomic mass is 10.0. The molecule has 2 fully saturated rings. The molecule has 0 saturated carbocycles. The molecule has 0 aliphatic carbocycles. The summed E-state index contributed by atoms with van der Waals surface area (Å²) in [5.74, 6) is -0.0536. The number of nitrogens with zero attached hydrogens (tertiary/aromatic N) is 3. The molecule has 2 saturated heterocycles. The molecule has 1 N–H and O–H groups in total. The van der Waals surface area contributed by atoms with E-state index in [0.29, 0.717) is 26.2 Å². The van der Waals surface area contributed by atoms with Gasteiger partial charge in [-0.25, -0.2) is 0 Å². The molecule has 0 radical (unpaired) electrons. The lowest BCUT2D eigenvalue weighted by Crippen LogP contribution is -2.59. The molecule has 2 amide bonds. The van der Waals surface area contributed by atoms with Gasteiger partial charge in [-0.1, -0.05) is 48.5 Å². The van der Waals surface area contributed by atoms with Crippen molar-refractivity contribution >= 4 is 11.8 Å². The van der Waals surface area contributed by atoms with Gasteiger partial charge >= 0.3 is 0 Å². The Hall–Kier alpha value is -2.74. The van der Waals surface area contributed by atoms with E-state index in [9.17, 15) is 9.59 Å². The second-order valence-electron chi connectivity index (χ2n) is 8.38. The minimum Gasteiger partial charge on any atom is -0.379 e. The van der Waals surface area contributed by atoms with Crippen molar-refractivity contribution in [1.82, 2.24) is 20.0 Å². The van der Waals surface area contributed by atoms with Gasteiger partial charge in [0.05, 0.1) is 13.2 Å². The van der Waals surface area contributed by atoms with E-state index in [2.05, 4.69) is 27.2 Å². The summed E-state index contributed by atoms with van der Waals surface area (Å²) >= 11 is 0. The van der Waals surface area contributed by atoms with Crippen LogP contribution in [0.2, 0.25) is 0 Å². The smallest absolute Gasteiger partial charge is 0.254 e. The molecule has 2 aliphatic rings. The largest absolute Gasteiger partial charge is 0.379 e. The first kappa shape index (κ1) is 22.5. The van der Waals surface area contributed by atoms with Crippen molar-refractivity contribution in [2.24, 2.45) is 0 Å². The predicted octanol–water partition coefficient (Wildman–Crippen LogP) is 1.59. The highest BCUT2D eigenvalue weighted by molar-refractivity contribution is 5.96. The van der Waals surface area contributed by atoms with E-state index in [1.165, 1.54) is 0 Å². The maximum atomic E-state index is 13.5. The molecule has 1 atom stereocenters. The Bertz CT molecular complexity index is 914. The van der Waals surface area contributed by atoms with E-state index in [0.717, 1.165) is 49.5 Å². The Kier molecular flexibility index (Phi) is 7.52.